The Morgan fingerprint density at radius 3 is 2.80 bits per heavy atom. The van der Waals surface area contributed by atoms with E-state index in [9.17, 15) is 4.79 Å². The second-order valence-electron chi connectivity index (χ2n) is 6.12. The molecule has 0 bridgehead atoms. The van der Waals surface area contributed by atoms with Crippen LogP contribution in [0.1, 0.15) is 53.6 Å². The normalized spacial score (nSPS) is 25.2. The lowest BCUT2D eigenvalue weighted by molar-refractivity contribution is 0.0911. The monoisotopic (exact) mass is 291 g/mol. The Balaban J connectivity index is 1.69. The molecule has 2 aliphatic carbocycles. The van der Waals surface area contributed by atoms with Crippen molar-refractivity contribution in [2.24, 2.45) is 5.92 Å². The van der Waals surface area contributed by atoms with Crippen molar-refractivity contribution >= 4 is 17.5 Å². The Morgan fingerprint density at radius 2 is 1.95 bits per heavy atom. The van der Waals surface area contributed by atoms with Gasteiger partial charge in [-0.3, -0.25) is 4.79 Å². The number of amides is 1. The molecule has 0 saturated heterocycles. The standard InChI is InChI=1S/C17H22ClNO/c18-11-15-4-1-2-7-16(15)19-17(20)14-9-8-12-5-3-6-13(12)10-14/h8-10,15-16H,1-7,11H2,(H,19,20). The smallest absolute Gasteiger partial charge is 0.251 e. The molecule has 3 heteroatoms. The Bertz CT molecular complexity index is 500. The van der Waals surface area contributed by atoms with Gasteiger partial charge in [-0.05, 0) is 61.3 Å². The van der Waals surface area contributed by atoms with Crippen LogP contribution in [0.5, 0.6) is 0 Å². The van der Waals surface area contributed by atoms with Crippen molar-refractivity contribution in [2.45, 2.75) is 51.0 Å². The highest BCUT2D eigenvalue weighted by Crippen LogP contribution is 2.26. The van der Waals surface area contributed by atoms with Crippen molar-refractivity contribution in [3.05, 3.63) is 34.9 Å². The van der Waals surface area contributed by atoms with Crippen LogP contribution in [-0.2, 0) is 12.8 Å². The average molecular weight is 292 g/mol. The van der Waals surface area contributed by atoms with E-state index < -0.39 is 0 Å². The van der Waals surface area contributed by atoms with Crippen LogP contribution in [0.15, 0.2) is 18.2 Å². The molecule has 108 valence electrons. The van der Waals surface area contributed by atoms with Crippen LogP contribution in [0.3, 0.4) is 0 Å². The van der Waals surface area contributed by atoms with Gasteiger partial charge in [-0.1, -0.05) is 18.9 Å². The maximum absolute atomic E-state index is 12.4. The lowest BCUT2D eigenvalue weighted by Gasteiger charge is -2.30. The maximum Gasteiger partial charge on any atom is 0.251 e. The van der Waals surface area contributed by atoms with Gasteiger partial charge in [0.2, 0.25) is 0 Å². The lowest BCUT2D eigenvalue weighted by atomic mass is 9.85. The summed E-state index contributed by atoms with van der Waals surface area (Å²) in [5, 5.41) is 3.20. The first kappa shape index (κ1) is 13.9. The molecule has 20 heavy (non-hydrogen) atoms. The largest absolute Gasteiger partial charge is 0.349 e. The van der Waals surface area contributed by atoms with E-state index in [2.05, 4.69) is 17.4 Å². The van der Waals surface area contributed by atoms with Gasteiger partial charge in [0.05, 0.1) is 0 Å². The van der Waals surface area contributed by atoms with E-state index in [1.54, 1.807) is 0 Å². The van der Waals surface area contributed by atoms with Crippen LogP contribution in [0.2, 0.25) is 0 Å². The van der Waals surface area contributed by atoms with Gasteiger partial charge in [0, 0.05) is 17.5 Å². The third kappa shape index (κ3) is 2.85. The number of aryl methyl sites for hydroxylation is 2. The number of hydrogen-bond donors (Lipinski definition) is 1. The summed E-state index contributed by atoms with van der Waals surface area (Å²) in [4.78, 5) is 12.4. The fourth-order valence-corrected chi connectivity index (χ4v) is 3.92. The average Bonchev–Trinajstić information content (AvgIpc) is 2.95. The molecule has 1 N–H and O–H groups in total. The van der Waals surface area contributed by atoms with E-state index in [1.165, 1.54) is 30.4 Å². The number of benzene rings is 1. The fourth-order valence-electron chi connectivity index (χ4n) is 3.55. The van der Waals surface area contributed by atoms with E-state index in [1.807, 2.05) is 6.07 Å². The summed E-state index contributed by atoms with van der Waals surface area (Å²) in [6.07, 6.45) is 8.13. The molecule has 2 aliphatic rings. The second kappa shape index (κ2) is 6.17. The number of carbonyl (C=O) groups excluding carboxylic acids is 1. The van der Waals surface area contributed by atoms with Gasteiger partial charge in [0.25, 0.3) is 5.91 Å². The van der Waals surface area contributed by atoms with Gasteiger partial charge < -0.3 is 5.32 Å². The first-order valence-electron chi connectivity index (χ1n) is 7.76. The Kier molecular flexibility index (Phi) is 4.30. The number of nitrogens with one attached hydrogen (secondary N) is 1. The van der Waals surface area contributed by atoms with Crippen LogP contribution >= 0.6 is 11.6 Å². The molecule has 2 unspecified atom stereocenters. The third-order valence-electron chi connectivity index (χ3n) is 4.78. The number of rotatable bonds is 3. The minimum absolute atomic E-state index is 0.0710. The van der Waals surface area contributed by atoms with Crippen molar-refractivity contribution < 1.29 is 4.79 Å². The van der Waals surface area contributed by atoms with Crippen LogP contribution in [0.25, 0.3) is 0 Å². The number of halogens is 1. The van der Waals surface area contributed by atoms with Gasteiger partial charge >= 0.3 is 0 Å². The molecule has 3 rings (SSSR count). The molecule has 2 nitrogen and oxygen atoms in total. The summed E-state index contributed by atoms with van der Waals surface area (Å²) in [7, 11) is 0. The van der Waals surface area contributed by atoms with Crippen LogP contribution in [-0.4, -0.2) is 17.8 Å². The predicted molar refractivity (Wildman–Crippen MR) is 82.4 cm³/mol. The first-order valence-corrected chi connectivity index (χ1v) is 8.30. The van der Waals surface area contributed by atoms with Crippen LogP contribution in [0, 0.1) is 5.92 Å². The van der Waals surface area contributed by atoms with E-state index in [0.29, 0.717) is 11.8 Å². The van der Waals surface area contributed by atoms with E-state index in [-0.39, 0.29) is 11.9 Å². The molecule has 1 aromatic carbocycles. The zero-order chi connectivity index (χ0) is 13.9. The predicted octanol–water partition coefficient (Wildman–Crippen LogP) is 3.70. The van der Waals surface area contributed by atoms with Crippen LogP contribution in [0.4, 0.5) is 0 Å². The fraction of sp³-hybridized carbons (Fsp3) is 0.588. The van der Waals surface area contributed by atoms with Crippen molar-refractivity contribution in [1.29, 1.82) is 0 Å². The summed E-state index contributed by atoms with van der Waals surface area (Å²) in [6, 6.07) is 6.42. The minimum atomic E-state index is 0.0710. The van der Waals surface area contributed by atoms with Crippen LogP contribution < -0.4 is 5.32 Å². The van der Waals surface area contributed by atoms with Gasteiger partial charge in [-0.15, -0.1) is 11.6 Å². The number of fused-ring (bicyclic) bond motifs is 1. The molecular formula is C17H22ClNO. The van der Waals surface area contributed by atoms with E-state index in [0.717, 1.165) is 31.2 Å². The van der Waals surface area contributed by atoms with Gasteiger partial charge in [0.1, 0.15) is 0 Å². The Hall–Kier alpha value is -1.02. The first-order chi connectivity index (χ1) is 9.78. The molecule has 2 atom stereocenters. The SMILES string of the molecule is O=C(NC1CCCCC1CCl)c1ccc2c(c1)CCC2. The molecule has 0 aliphatic heterocycles. The van der Waals surface area contributed by atoms with Crippen molar-refractivity contribution in [2.75, 3.05) is 5.88 Å². The van der Waals surface area contributed by atoms with Gasteiger partial charge in [-0.2, -0.15) is 0 Å². The molecule has 0 spiro atoms. The highest BCUT2D eigenvalue weighted by atomic mass is 35.5. The molecule has 1 aromatic rings. The Labute approximate surface area is 125 Å². The zero-order valence-electron chi connectivity index (χ0n) is 11.8. The minimum Gasteiger partial charge on any atom is -0.349 e. The maximum atomic E-state index is 12.4. The van der Waals surface area contributed by atoms with E-state index in [4.69, 9.17) is 11.6 Å². The molecule has 1 amide bonds. The Morgan fingerprint density at radius 1 is 1.15 bits per heavy atom. The number of alkyl halides is 1. The van der Waals surface area contributed by atoms with Crippen molar-refractivity contribution in [3.8, 4) is 0 Å². The summed E-state index contributed by atoms with van der Waals surface area (Å²) >= 11 is 6.03. The van der Waals surface area contributed by atoms with E-state index >= 15 is 0 Å². The second-order valence-corrected chi connectivity index (χ2v) is 6.42. The molecule has 0 heterocycles. The zero-order valence-corrected chi connectivity index (χ0v) is 12.6. The molecular weight excluding hydrogens is 270 g/mol. The molecule has 1 saturated carbocycles. The summed E-state index contributed by atoms with van der Waals surface area (Å²) in [5.74, 6) is 1.15. The molecule has 0 aromatic heterocycles. The highest BCUT2D eigenvalue weighted by Gasteiger charge is 2.26. The number of hydrogen-bond acceptors (Lipinski definition) is 1. The molecule has 1 fully saturated rings. The third-order valence-corrected chi connectivity index (χ3v) is 5.18. The van der Waals surface area contributed by atoms with Gasteiger partial charge in [-0.25, -0.2) is 0 Å². The summed E-state index contributed by atoms with van der Waals surface area (Å²) < 4.78 is 0. The highest BCUT2D eigenvalue weighted by molar-refractivity contribution is 6.18. The number of carbonyl (C=O) groups is 1. The summed E-state index contributed by atoms with van der Waals surface area (Å²) in [6.45, 7) is 0. The summed E-state index contributed by atoms with van der Waals surface area (Å²) in [5.41, 5.74) is 3.58. The molecule has 0 radical (unpaired) electrons. The van der Waals surface area contributed by atoms with Crippen molar-refractivity contribution in [3.63, 3.8) is 0 Å². The van der Waals surface area contributed by atoms with Gasteiger partial charge in [0.15, 0.2) is 0 Å². The topological polar surface area (TPSA) is 29.1 Å². The lowest BCUT2D eigenvalue weighted by Crippen LogP contribution is -2.42. The van der Waals surface area contributed by atoms with Crippen molar-refractivity contribution in [1.82, 2.24) is 5.32 Å². The quantitative estimate of drug-likeness (QED) is 0.845.